The van der Waals surface area contributed by atoms with E-state index >= 15 is 0 Å². The van der Waals surface area contributed by atoms with Crippen molar-refractivity contribution in [2.24, 2.45) is 0 Å². The molecule has 1 aliphatic rings. The fourth-order valence-corrected chi connectivity index (χ4v) is 0.881. The van der Waals surface area contributed by atoms with E-state index in [1.165, 1.54) is 0 Å². The van der Waals surface area contributed by atoms with E-state index in [9.17, 15) is 4.79 Å². The summed E-state index contributed by atoms with van der Waals surface area (Å²) in [4.78, 5) is 10.1. The Kier molecular flexibility index (Phi) is 2.31. The maximum Gasteiger partial charge on any atom is 0.311 e. The van der Waals surface area contributed by atoms with Crippen molar-refractivity contribution in [1.82, 2.24) is 0 Å². The Hall–Kier alpha value is -0.990. The van der Waals surface area contributed by atoms with Crippen LogP contribution in [0.15, 0.2) is 11.8 Å². The zero-order valence-corrected chi connectivity index (χ0v) is 5.67. The maximum atomic E-state index is 10.1. The predicted molar refractivity (Wildman–Crippen MR) is 35.5 cm³/mol. The van der Waals surface area contributed by atoms with E-state index in [1.54, 1.807) is 0 Å². The van der Waals surface area contributed by atoms with Gasteiger partial charge in [0.2, 0.25) is 0 Å². The van der Waals surface area contributed by atoms with Gasteiger partial charge < -0.3 is 9.84 Å². The summed E-state index contributed by atoms with van der Waals surface area (Å²) in [5.41, 5.74) is 0. The molecule has 3 nitrogen and oxygen atoms in total. The Balaban J connectivity index is 2.38. The van der Waals surface area contributed by atoms with Gasteiger partial charge in [-0.1, -0.05) is 0 Å². The molecule has 1 rings (SSSR count). The molecule has 0 unspecified atom stereocenters. The van der Waals surface area contributed by atoms with Gasteiger partial charge in [-0.15, -0.1) is 0 Å². The summed E-state index contributed by atoms with van der Waals surface area (Å²) in [5, 5.41) is 8.34. The Morgan fingerprint density at radius 3 is 3.10 bits per heavy atom. The van der Waals surface area contributed by atoms with Crippen LogP contribution in [0, 0.1) is 0 Å². The first-order valence-corrected chi connectivity index (χ1v) is 3.32. The predicted octanol–water partition coefficient (Wildman–Crippen LogP) is 1.16. The summed E-state index contributed by atoms with van der Waals surface area (Å²) in [6.07, 6.45) is 3.82. The molecule has 0 saturated heterocycles. The van der Waals surface area contributed by atoms with Crippen LogP contribution < -0.4 is 0 Å². The summed E-state index contributed by atoms with van der Waals surface area (Å²) < 4.78 is 5.07. The molecule has 56 valence electrons. The number of carbonyl (C=O) groups is 1. The number of carboxylic acid groups (broad SMARTS) is 1. The minimum atomic E-state index is -0.826. The number of aliphatic carboxylic acids is 1. The van der Waals surface area contributed by atoms with Crippen LogP contribution in [0.2, 0.25) is 0 Å². The van der Waals surface area contributed by atoms with Crippen molar-refractivity contribution in [3.05, 3.63) is 11.8 Å². The summed E-state index contributed by atoms with van der Waals surface area (Å²) >= 11 is 0. The minimum absolute atomic E-state index is 0.0278. The van der Waals surface area contributed by atoms with Gasteiger partial charge >= 0.3 is 5.97 Å². The second-order valence-electron chi connectivity index (χ2n) is 2.23. The van der Waals surface area contributed by atoms with E-state index in [1.807, 2.05) is 6.08 Å². The lowest BCUT2D eigenvalue weighted by atomic mass is 10.2. The van der Waals surface area contributed by atoms with E-state index in [2.05, 4.69) is 0 Å². The number of allylic oxidation sites excluding steroid dienone is 1. The summed E-state index contributed by atoms with van der Waals surface area (Å²) in [6.45, 7) is 0.666. The summed E-state index contributed by atoms with van der Waals surface area (Å²) in [7, 11) is 0. The molecule has 0 saturated carbocycles. The number of ether oxygens (including phenoxy) is 1. The second kappa shape index (κ2) is 3.25. The van der Waals surface area contributed by atoms with Crippen molar-refractivity contribution in [2.45, 2.75) is 19.3 Å². The van der Waals surface area contributed by atoms with E-state index < -0.39 is 5.97 Å². The SMILES string of the molecule is O=C(O)CC1=CCCCO1. The lowest BCUT2D eigenvalue weighted by molar-refractivity contribution is -0.137. The van der Waals surface area contributed by atoms with Crippen LogP contribution in [0.4, 0.5) is 0 Å². The molecular weight excluding hydrogens is 132 g/mol. The second-order valence-corrected chi connectivity index (χ2v) is 2.23. The molecule has 1 aliphatic heterocycles. The lowest BCUT2D eigenvalue weighted by Gasteiger charge is -2.12. The van der Waals surface area contributed by atoms with Crippen LogP contribution in [0.1, 0.15) is 19.3 Å². The molecule has 1 heterocycles. The first-order chi connectivity index (χ1) is 4.79. The van der Waals surface area contributed by atoms with Gasteiger partial charge in [-0.25, -0.2) is 0 Å². The van der Waals surface area contributed by atoms with E-state index in [0.29, 0.717) is 12.4 Å². The van der Waals surface area contributed by atoms with Crippen molar-refractivity contribution in [1.29, 1.82) is 0 Å². The van der Waals surface area contributed by atoms with Gasteiger partial charge in [0.15, 0.2) is 0 Å². The van der Waals surface area contributed by atoms with Crippen LogP contribution in [0.25, 0.3) is 0 Å². The molecule has 3 heteroatoms. The monoisotopic (exact) mass is 142 g/mol. The number of hydrogen-bond donors (Lipinski definition) is 1. The standard InChI is InChI=1S/C7H10O3/c8-7(9)5-6-3-1-2-4-10-6/h3H,1-2,4-5H2,(H,8,9). The summed E-state index contributed by atoms with van der Waals surface area (Å²) in [6, 6.07) is 0. The van der Waals surface area contributed by atoms with Crippen molar-refractivity contribution in [3.8, 4) is 0 Å². The molecule has 0 aromatic rings. The third-order valence-electron chi connectivity index (χ3n) is 1.33. The molecule has 10 heavy (non-hydrogen) atoms. The molecule has 0 spiro atoms. The van der Waals surface area contributed by atoms with Gasteiger partial charge in [-0.2, -0.15) is 0 Å². The third kappa shape index (κ3) is 2.09. The van der Waals surface area contributed by atoms with Gasteiger partial charge in [0.05, 0.1) is 6.61 Å². The number of rotatable bonds is 2. The van der Waals surface area contributed by atoms with E-state index in [-0.39, 0.29) is 6.42 Å². The fourth-order valence-electron chi connectivity index (χ4n) is 0.881. The molecule has 0 fully saturated rings. The highest BCUT2D eigenvalue weighted by Gasteiger charge is 2.07. The first-order valence-electron chi connectivity index (χ1n) is 3.32. The lowest BCUT2D eigenvalue weighted by Crippen LogP contribution is -2.05. The molecule has 0 radical (unpaired) electrons. The van der Waals surface area contributed by atoms with Crippen molar-refractivity contribution in [2.75, 3.05) is 6.61 Å². The topological polar surface area (TPSA) is 46.5 Å². The number of carboxylic acids is 1. The van der Waals surface area contributed by atoms with Crippen molar-refractivity contribution in [3.63, 3.8) is 0 Å². The Bertz CT molecular complexity index is 160. The highest BCUT2D eigenvalue weighted by Crippen LogP contribution is 2.12. The Labute approximate surface area is 59.3 Å². The van der Waals surface area contributed by atoms with Gasteiger partial charge in [0.25, 0.3) is 0 Å². The zero-order chi connectivity index (χ0) is 7.40. The van der Waals surface area contributed by atoms with Gasteiger partial charge in [-0.05, 0) is 18.9 Å². The summed E-state index contributed by atoms with van der Waals surface area (Å²) in [5.74, 6) is -0.216. The van der Waals surface area contributed by atoms with Crippen molar-refractivity contribution < 1.29 is 14.6 Å². The average molecular weight is 142 g/mol. The highest BCUT2D eigenvalue weighted by molar-refractivity contribution is 5.69. The average Bonchev–Trinajstić information content (AvgIpc) is 1.88. The van der Waals surface area contributed by atoms with Crippen LogP contribution in [0.5, 0.6) is 0 Å². The van der Waals surface area contributed by atoms with E-state index in [0.717, 1.165) is 12.8 Å². The molecule has 0 aliphatic carbocycles. The third-order valence-corrected chi connectivity index (χ3v) is 1.33. The molecule has 0 atom stereocenters. The molecule has 0 bridgehead atoms. The van der Waals surface area contributed by atoms with Crippen LogP contribution in [0.3, 0.4) is 0 Å². The van der Waals surface area contributed by atoms with Crippen LogP contribution in [-0.4, -0.2) is 17.7 Å². The highest BCUT2D eigenvalue weighted by atomic mass is 16.5. The van der Waals surface area contributed by atoms with Gasteiger partial charge in [-0.3, -0.25) is 4.79 Å². The largest absolute Gasteiger partial charge is 0.498 e. The Morgan fingerprint density at radius 2 is 2.60 bits per heavy atom. The van der Waals surface area contributed by atoms with E-state index in [4.69, 9.17) is 9.84 Å². The molecule has 0 aromatic heterocycles. The fraction of sp³-hybridized carbons (Fsp3) is 0.571. The number of hydrogen-bond acceptors (Lipinski definition) is 2. The quantitative estimate of drug-likeness (QED) is 0.629. The van der Waals surface area contributed by atoms with Gasteiger partial charge in [0.1, 0.15) is 12.2 Å². The van der Waals surface area contributed by atoms with Gasteiger partial charge in [0, 0.05) is 0 Å². The first kappa shape index (κ1) is 7.12. The van der Waals surface area contributed by atoms with Crippen molar-refractivity contribution >= 4 is 5.97 Å². The maximum absolute atomic E-state index is 10.1. The molecule has 0 amide bonds. The normalized spacial score (nSPS) is 17.4. The molecular formula is C7H10O3. The molecule has 1 N–H and O–H groups in total. The molecule has 0 aromatic carbocycles. The minimum Gasteiger partial charge on any atom is -0.498 e. The van der Waals surface area contributed by atoms with Crippen LogP contribution >= 0.6 is 0 Å². The van der Waals surface area contributed by atoms with Crippen LogP contribution in [-0.2, 0) is 9.53 Å². The Morgan fingerprint density at radius 1 is 1.80 bits per heavy atom. The zero-order valence-electron chi connectivity index (χ0n) is 5.67. The smallest absolute Gasteiger partial charge is 0.311 e.